The first-order valence-corrected chi connectivity index (χ1v) is 13.5. The first-order valence-electron chi connectivity index (χ1n) is 10.9. The molecular weight excluding hydrogens is 532 g/mol. The minimum atomic E-state index is -0.271. The molecule has 4 aromatic rings. The quantitative estimate of drug-likeness (QED) is 0.152. The Morgan fingerprint density at radius 1 is 1.15 bits per heavy atom. The van der Waals surface area contributed by atoms with Crippen LogP contribution in [-0.4, -0.2) is 27.4 Å². The highest BCUT2D eigenvalue weighted by atomic mass is 79.9. The molecule has 5 rings (SSSR count). The number of rotatable bonds is 6. The van der Waals surface area contributed by atoms with E-state index in [-0.39, 0.29) is 17.2 Å². The number of halogens is 1. The number of aryl methyl sites for hydroxylation is 2. The van der Waals surface area contributed by atoms with Crippen molar-refractivity contribution in [1.82, 2.24) is 15.0 Å². The van der Waals surface area contributed by atoms with Gasteiger partial charge in [-0.25, -0.2) is 10.4 Å². The van der Waals surface area contributed by atoms with Crippen LogP contribution < -0.4 is 11.0 Å². The van der Waals surface area contributed by atoms with E-state index in [1.54, 1.807) is 22.1 Å². The smallest absolute Gasteiger partial charge is 0.267 e. The number of carbonyl (C=O) groups excluding carboxylic acids is 1. The van der Waals surface area contributed by atoms with Crippen LogP contribution in [0.1, 0.15) is 28.8 Å². The Bertz CT molecular complexity index is 1450. The number of thioether (sulfide) groups is 1. The van der Waals surface area contributed by atoms with Gasteiger partial charge in [0, 0.05) is 14.9 Å². The molecule has 0 radical (unpaired) electrons. The van der Waals surface area contributed by atoms with Crippen LogP contribution in [0.3, 0.4) is 0 Å². The zero-order valence-corrected chi connectivity index (χ0v) is 21.4. The number of nitrogens with one attached hydrogen (secondary N) is 1. The van der Waals surface area contributed by atoms with Gasteiger partial charge in [-0.2, -0.15) is 5.10 Å². The van der Waals surface area contributed by atoms with E-state index in [1.807, 2.05) is 54.6 Å². The minimum absolute atomic E-state index is 0.0644. The van der Waals surface area contributed by atoms with Crippen molar-refractivity contribution in [3.8, 4) is 5.69 Å². The first kappa shape index (κ1) is 23.0. The Kier molecular flexibility index (Phi) is 6.94. The second-order valence-electron chi connectivity index (χ2n) is 7.86. The van der Waals surface area contributed by atoms with E-state index in [1.165, 1.54) is 16.6 Å². The standard InChI is InChI=1S/C25H21BrN4O2S2/c26-19-12-6-4-8-16(19)14-27-29-21(31)15-33-25-28-23-22(18-11-5-7-13-20(18)34-23)24(32)30(25)17-9-2-1-3-10-17/h1-4,6,8-10,12,14H,5,7,11,13,15H2,(H,29,31). The zero-order chi connectivity index (χ0) is 23.5. The highest BCUT2D eigenvalue weighted by molar-refractivity contribution is 9.10. The van der Waals surface area contributed by atoms with Gasteiger partial charge in [0.05, 0.1) is 23.0 Å². The van der Waals surface area contributed by atoms with Crippen molar-refractivity contribution in [2.45, 2.75) is 30.8 Å². The fraction of sp³-hybridized carbons (Fsp3) is 0.200. The molecule has 9 heteroatoms. The van der Waals surface area contributed by atoms with Crippen molar-refractivity contribution < 1.29 is 4.79 Å². The van der Waals surface area contributed by atoms with Crippen LogP contribution in [0.5, 0.6) is 0 Å². The van der Waals surface area contributed by atoms with Gasteiger partial charge >= 0.3 is 0 Å². The number of hydrazone groups is 1. The van der Waals surface area contributed by atoms with Crippen LogP contribution in [0.15, 0.2) is 74.1 Å². The molecule has 2 aromatic carbocycles. The Morgan fingerprint density at radius 2 is 1.91 bits per heavy atom. The Balaban J connectivity index is 1.42. The molecule has 34 heavy (non-hydrogen) atoms. The van der Waals surface area contributed by atoms with Gasteiger partial charge in [-0.15, -0.1) is 11.3 Å². The van der Waals surface area contributed by atoms with Crippen LogP contribution >= 0.6 is 39.0 Å². The van der Waals surface area contributed by atoms with Gasteiger partial charge in [-0.3, -0.25) is 14.2 Å². The van der Waals surface area contributed by atoms with E-state index in [9.17, 15) is 9.59 Å². The molecule has 1 amide bonds. The number of aromatic nitrogens is 2. The summed E-state index contributed by atoms with van der Waals surface area (Å²) in [7, 11) is 0. The van der Waals surface area contributed by atoms with Crippen molar-refractivity contribution >= 4 is 61.4 Å². The van der Waals surface area contributed by atoms with Crippen molar-refractivity contribution in [3.63, 3.8) is 0 Å². The average Bonchev–Trinajstić information content (AvgIpc) is 3.23. The fourth-order valence-corrected chi connectivity index (χ4v) is 6.50. The van der Waals surface area contributed by atoms with E-state index in [4.69, 9.17) is 4.98 Å². The molecule has 172 valence electrons. The van der Waals surface area contributed by atoms with E-state index >= 15 is 0 Å². The van der Waals surface area contributed by atoms with Gasteiger partial charge in [0.1, 0.15) is 4.83 Å². The lowest BCUT2D eigenvalue weighted by Crippen LogP contribution is -2.24. The largest absolute Gasteiger partial charge is 0.272 e. The molecule has 0 saturated carbocycles. The SMILES string of the molecule is O=C(CSc1nc2sc3c(c2c(=O)n1-c1ccccc1)CCCC3)NN=Cc1ccccc1Br. The molecule has 0 bridgehead atoms. The summed E-state index contributed by atoms with van der Waals surface area (Å²) in [4.78, 5) is 33.0. The number of amides is 1. The maximum atomic E-state index is 13.7. The highest BCUT2D eigenvalue weighted by Gasteiger charge is 2.23. The summed E-state index contributed by atoms with van der Waals surface area (Å²) in [5.74, 6) is -0.184. The van der Waals surface area contributed by atoms with Gasteiger partial charge in [0.15, 0.2) is 5.16 Å². The summed E-state index contributed by atoms with van der Waals surface area (Å²) < 4.78 is 2.53. The maximum absolute atomic E-state index is 13.7. The van der Waals surface area contributed by atoms with E-state index in [0.29, 0.717) is 5.16 Å². The summed E-state index contributed by atoms with van der Waals surface area (Å²) in [5.41, 5.74) is 5.25. The van der Waals surface area contributed by atoms with Gasteiger partial charge in [0.2, 0.25) is 0 Å². The second kappa shape index (κ2) is 10.2. The highest BCUT2D eigenvalue weighted by Crippen LogP contribution is 2.35. The van der Waals surface area contributed by atoms with Crippen molar-refractivity contribution in [3.05, 3.63) is 85.4 Å². The van der Waals surface area contributed by atoms with Gasteiger partial charge in [-0.1, -0.05) is 64.1 Å². The number of para-hydroxylation sites is 1. The minimum Gasteiger partial charge on any atom is -0.272 e. The van der Waals surface area contributed by atoms with Crippen molar-refractivity contribution in [2.75, 3.05) is 5.75 Å². The average molecular weight is 554 g/mol. The maximum Gasteiger partial charge on any atom is 0.267 e. The van der Waals surface area contributed by atoms with Crippen molar-refractivity contribution in [1.29, 1.82) is 0 Å². The third-order valence-electron chi connectivity index (χ3n) is 5.60. The summed E-state index contributed by atoms with van der Waals surface area (Å²) in [5, 5.41) is 5.29. The molecular formula is C25H21BrN4O2S2. The number of hydrogen-bond acceptors (Lipinski definition) is 6. The third-order valence-corrected chi connectivity index (χ3v) is 8.45. The molecule has 0 saturated heterocycles. The Morgan fingerprint density at radius 3 is 2.74 bits per heavy atom. The molecule has 0 atom stereocenters. The monoisotopic (exact) mass is 552 g/mol. The van der Waals surface area contributed by atoms with Crippen LogP contribution in [0, 0.1) is 0 Å². The van der Waals surface area contributed by atoms with E-state index in [2.05, 4.69) is 26.5 Å². The molecule has 1 aliphatic rings. The van der Waals surface area contributed by atoms with Crippen LogP contribution in [0.25, 0.3) is 15.9 Å². The van der Waals surface area contributed by atoms with Gasteiger partial charge < -0.3 is 0 Å². The number of benzene rings is 2. The summed E-state index contributed by atoms with van der Waals surface area (Å²) in [6, 6.07) is 17.1. The summed E-state index contributed by atoms with van der Waals surface area (Å²) in [6.07, 6.45) is 5.76. The second-order valence-corrected chi connectivity index (χ2v) is 10.7. The number of thiophene rings is 1. The van der Waals surface area contributed by atoms with E-state index in [0.717, 1.165) is 57.2 Å². The Hall–Kier alpha value is -2.75. The zero-order valence-electron chi connectivity index (χ0n) is 18.2. The number of carbonyl (C=O) groups is 1. The number of hydrogen-bond donors (Lipinski definition) is 1. The lowest BCUT2D eigenvalue weighted by Gasteiger charge is -2.13. The van der Waals surface area contributed by atoms with E-state index < -0.39 is 0 Å². The van der Waals surface area contributed by atoms with Crippen LogP contribution in [0.4, 0.5) is 0 Å². The fourth-order valence-electron chi connectivity index (χ4n) is 4.00. The summed E-state index contributed by atoms with van der Waals surface area (Å²) in [6.45, 7) is 0. The predicted octanol–water partition coefficient (Wildman–Crippen LogP) is 5.33. The lowest BCUT2D eigenvalue weighted by atomic mass is 9.97. The first-order chi connectivity index (χ1) is 16.6. The van der Waals surface area contributed by atoms with Crippen molar-refractivity contribution in [2.24, 2.45) is 5.10 Å². The molecule has 0 fully saturated rings. The van der Waals surface area contributed by atoms with Crippen LogP contribution in [0.2, 0.25) is 0 Å². The molecule has 0 unspecified atom stereocenters. The molecule has 0 aliphatic heterocycles. The number of nitrogens with zero attached hydrogens (tertiary/aromatic N) is 3. The molecule has 1 aliphatic carbocycles. The topological polar surface area (TPSA) is 76.3 Å². The molecule has 2 aromatic heterocycles. The number of fused-ring (bicyclic) bond motifs is 3. The van der Waals surface area contributed by atoms with Gasteiger partial charge in [-0.05, 0) is 49.4 Å². The third kappa shape index (κ3) is 4.73. The molecule has 6 nitrogen and oxygen atoms in total. The normalized spacial score (nSPS) is 13.3. The molecule has 2 heterocycles. The van der Waals surface area contributed by atoms with Crippen LogP contribution in [-0.2, 0) is 17.6 Å². The summed E-state index contributed by atoms with van der Waals surface area (Å²) >= 11 is 6.31. The molecule has 0 spiro atoms. The van der Waals surface area contributed by atoms with Gasteiger partial charge in [0.25, 0.3) is 11.5 Å². The Labute approximate surface area is 213 Å². The molecule has 1 N–H and O–H groups in total. The predicted molar refractivity (Wildman–Crippen MR) is 142 cm³/mol. The lowest BCUT2D eigenvalue weighted by molar-refractivity contribution is -0.118.